The highest BCUT2D eigenvalue weighted by atomic mass is 19.1. The van der Waals surface area contributed by atoms with E-state index in [2.05, 4.69) is 0 Å². The molecular weight excluding hydrogens is 236 g/mol. The minimum absolute atomic E-state index is 0.181. The van der Waals surface area contributed by atoms with Crippen molar-refractivity contribution < 1.29 is 13.5 Å². The second kappa shape index (κ2) is 5.60. The summed E-state index contributed by atoms with van der Waals surface area (Å²) in [7, 11) is 0. The highest BCUT2D eigenvalue weighted by molar-refractivity contribution is 5.25. The molecule has 4 heteroatoms. The highest BCUT2D eigenvalue weighted by Gasteiger charge is 2.12. The zero-order valence-electron chi connectivity index (χ0n) is 9.64. The summed E-state index contributed by atoms with van der Waals surface area (Å²) >= 11 is 0. The standard InChI is InChI=1S/C14H13F2NO/c15-11-4-1-3-10(7-11)14(9-17)18-13-6-2-5-12(16)8-13/h1-8,14H,9,17H2. The quantitative estimate of drug-likeness (QED) is 0.903. The molecule has 0 saturated heterocycles. The van der Waals surface area contributed by atoms with Crippen molar-refractivity contribution in [1.29, 1.82) is 0 Å². The first-order valence-electron chi connectivity index (χ1n) is 5.57. The summed E-state index contributed by atoms with van der Waals surface area (Å²) in [5, 5.41) is 0. The van der Waals surface area contributed by atoms with Crippen LogP contribution in [0.5, 0.6) is 5.75 Å². The number of hydrogen-bond acceptors (Lipinski definition) is 2. The first-order chi connectivity index (χ1) is 8.69. The molecule has 2 aromatic carbocycles. The van der Waals surface area contributed by atoms with Gasteiger partial charge in [0.25, 0.3) is 0 Å². The Morgan fingerprint density at radius 2 is 1.67 bits per heavy atom. The molecule has 18 heavy (non-hydrogen) atoms. The largest absolute Gasteiger partial charge is 0.484 e. The summed E-state index contributed by atoms with van der Waals surface area (Å²) in [6.07, 6.45) is -0.498. The van der Waals surface area contributed by atoms with E-state index in [0.29, 0.717) is 11.3 Å². The normalized spacial score (nSPS) is 12.2. The Bertz CT molecular complexity index is 531. The molecule has 0 aliphatic heterocycles. The van der Waals surface area contributed by atoms with E-state index in [1.54, 1.807) is 24.3 Å². The molecule has 0 aliphatic rings. The second-order valence-electron chi connectivity index (χ2n) is 3.85. The van der Waals surface area contributed by atoms with Crippen molar-refractivity contribution in [3.63, 3.8) is 0 Å². The van der Waals surface area contributed by atoms with E-state index in [9.17, 15) is 8.78 Å². The lowest BCUT2D eigenvalue weighted by atomic mass is 10.1. The maximum atomic E-state index is 13.1. The highest BCUT2D eigenvalue weighted by Crippen LogP contribution is 2.22. The van der Waals surface area contributed by atoms with Gasteiger partial charge < -0.3 is 10.5 Å². The number of halogens is 2. The van der Waals surface area contributed by atoms with Gasteiger partial charge in [-0.2, -0.15) is 0 Å². The van der Waals surface area contributed by atoms with Crippen LogP contribution in [-0.2, 0) is 0 Å². The Hall–Kier alpha value is -1.94. The minimum Gasteiger partial charge on any atom is -0.484 e. The third-order valence-corrected chi connectivity index (χ3v) is 2.51. The molecule has 2 aromatic rings. The molecule has 2 N–H and O–H groups in total. The molecule has 94 valence electrons. The van der Waals surface area contributed by atoms with Crippen LogP contribution in [0.25, 0.3) is 0 Å². The molecule has 1 atom stereocenters. The van der Waals surface area contributed by atoms with Crippen LogP contribution in [0, 0.1) is 11.6 Å². The summed E-state index contributed by atoms with van der Waals surface area (Å²) in [6, 6.07) is 11.8. The lowest BCUT2D eigenvalue weighted by Crippen LogP contribution is -2.18. The Morgan fingerprint density at radius 3 is 2.28 bits per heavy atom. The van der Waals surface area contributed by atoms with Crippen LogP contribution in [0.4, 0.5) is 8.78 Å². The molecule has 0 aromatic heterocycles. The monoisotopic (exact) mass is 249 g/mol. The molecule has 0 fully saturated rings. The van der Waals surface area contributed by atoms with Crippen LogP contribution < -0.4 is 10.5 Å². The van der Waals surface area contributed by atoms with Gasteiger partial charge in [0.05, 0.1) is 0 Å². The molecule has 0 radical (unpaired) electrons. The molecule has 1 unspecified atom stereocenters. The SMILES string of the molecule is NCC(Oc1cccc(F)c1)c1cccc(F)c1. The van der Waals surface area contributed by atoms with Crippen molar-refractivity contribution >= 4 is 0 Å². The van der Waals surface area contributed by atoms with Gasteiger partial charge in [-0.3, -0.25) is 0 Å². The van der Waals surface area contributed by atoms with E-state index in [1.165, 1.54) is 24.3 Å². The molecule has 0 heterocycles. The third-order valence-electron chi connectivity index (χ3n) is 2.51. The fourth-order valence-electron chi connectivity index (χ4n) is 1.66. The summed E-state index contributed by atoms with van der Waals surface area (Å²) in [4.78, 5) is 0. The van der Waals surface area contributed by atoms with E-state index in [4.69, 9.17) is 10.5 Å². The van der Waals surface area contributed by atoms with Gasteiger partial charge in [-0.15, -0.1) is 0 Å². The van der Waals surface area contributed by atoms with Gasteiger partial charge in [-0.05, 0) is 29.8 Å². The van der Waals surface area contributed by atoms with Crippen molar-refractivity contribution in [2.24, 2.45) is 5.73 Å². The fourth-order valence-corrected chi connectivity index (χ4v) is 1.66. The molecular formula is C14H13F2NO. The maximum Gasteiger partial charge on any atom is 0.136 e. The predicted octanol–water partition coefficient (Wildman–Crippen LogP) is 3.04. The van der Waals surface area contributed by atoms with E-state index in [-0.39, 0.29) is 18.2 Å². The Kier molecular flexibility index (Phi) is 3.89. The van der Waals surface area contributed by atoms with Crippen LogP contribution in [0.3, 0.4) is 0 Å². The molecule has 0 saturated carbocycles. The molecule has 0 spiro atoms. The first-order valence-corrected chi connectivity index (χ1v) is 5.57. The lowest BCUT2D eigenvalue weighted by Gasteiger charge is -2.17. The average molecular weight is 249 g/mol. The molecule has 0 aliphatic carbocycles. The van der Waals surface area contributed by atoms with Crippen LogP contribution in [0.1, 0.15) is 11.7 Å². The Morgan fingerprint density at radius 1 is 1.00 bits per heavy atom. The minimum atomic E-state index is -0.498. The zero-order chi connectivity index (χ0) is 13.0. The van der Waals surface area contributed by atoms with Crippen molar-refractivity contribution in [3.05, 3.63) is 65.7 Å². The van der Waals surface area contributed by atoms with Gasteiger partial charge in [0.15, 0.2) is 0 Å². The first kappa shape index (κ1) is 12.5. The van der Waals surface area contributed by atoms with Gasteiger partial charge in [0.2, 0.25) is 0 Å². The zero-order valence-corrected chi connectivity index (χ0v) is 9.64. The number of nitrogens with two attached hydrogens (primary N) is 1. The smallest absolute Gasteiger partial charge is 0.136 e. The summed E-state index contributed by atoms with van der Waals surface area (Å²) in [5.74, 6) is -0.369. The summed E-state index contributed by atoms with van der Waals surface area (Å²) < 4.78 is 31.7. The molecule has 0 bridgehead atoms. The second-order valence-corrected chi connectivity index (χ2v) is 3.85. The topological polar surface area (TPSA) is 35.2 Å². The molecule has 0 amide bonds. The van der Waals surface area contributed by atoms with Crippen LogP contribution >= 0.6 is 0 Å². The number of rotatable bonds is 4. The van der Waals surface area contributed by atoms with E-state index in [0.717, 1.165) is 0 Å². The lowest BCUT2D eigenvalue weighted by molar-refractivity contribution is 0.213. The van der Waals surface area contributed by atoms with Gasteiger partial charge in [-0.1, -0.05) is 18.2 Å². The number of benzene rings is 2. The molecule has 2 nitrogen and oxygen atoms in total. The number of hydrogen-bond donors (Lipinski definition) is 1. The van der Waals surface area contributed by atoms with Gasteiger partial charge in [0, 0.05) is 12.6 Å². The van der Waals surface area contributed by atoms with Gasteiger partial charge in [-0.25, -0.2) is 8.78 Å². The van der Waals surface area contributed by atoms with Crippen molar-refractivity contribution in [2.75, 3.05) is 6.54 Å². The van der Waals surface area contributed by atoms with Crippen LogP contribution in [0.15, 0.2) is 48.5 Å². The average Bonchev–Trinajstić information content (AvgIpc) is 2.36. The van der Waals surface area contributed by atoms with Crippen LogP contribution in [-0.4, -0.2) is 6.54 Å². The summed E-state index contributed by atoms with van der Waals surface area (Å²) in [6.45, 7) is 0.181. The third kappa shape index (κ3) is 3.05. The van der Waals surface area contributed by atoms with Gasteiger partial charge >= 0.3 is 0 Å². The van der Waals surface area contributed by atoms with E-state index in [1.807, 2.05) is 0 Å². The Balaban J connectivity index is 2.19. The van der Waals surface area contributed by atoms with Crippen molar-refractivity contribution in [1.82, 2.24) is 0 Å². The summed E-state index contributed by atoms with van der Waals surface area (Å²) in [5.41, 5.74) is 6.23. The van der Waals surface area contributed by atoms with Crippen molar-refractivity contribution in [3.8, 4) is 5.75 Å². The maximum absolute atomic E-state index is 13.1. The van der Waals surface area contributed by atoms with Crippen LogP contribution in [0.2, 0.25) is 0 Å². The predicted molar refractivity (Wildman–Crippen MR) is 65.2 cm³/mol. The van der Waals surface area contributed by atoms with E-state index < -0.39 is 6.10 Å². The Labute approximate surface area is 104 Å². The number of ether oxygens (including phenoxy) is 1. The fraction of sp³-hybridized carbons (Fsp3) is 0.143. The molecule has 2 rings (SSSR count). The van der Waals surface area contributed by atoms with E-state index >= 15 is 0 Å². The van der Waals surface area contributed by atoms with Gasteiger partial charge in [0.1, 0.15) is 23.5 Å². The van der Waals surface area contributed by atoms with Crippen molar-refractivity contribution in [2.45, 2.75) is 6.10 Å².